The van der Waals surface area contributed by atoms with Crippen molar-refractivity contribution in [2.75, 3.05) is 45.9 Å². The number of benzene rings is 1. The molecule has 122 valence electrons. The summed E-state index contributed by atoms with van der Waals surface area (Å²) < 4.78 is 5.49. The minimum absolute atomic E-state index is 0.652. The molecule has 2 aliphatic heterocycles. The lowest BCUT2D eigenvalue weighted by Crippen LogP contribution is -2.46. The number of rotatable bonds is 5. The maximum absolute atomic E-state index is 5.49. The molecule has 2 fully saturated rings. The molecule has 0 aliphatic carbocycles. The number of hydrogen-bond donors (Lipinski definition) is 0. The second-order valence-electron chi connectivity index (χ2n) is 7.05. The molecule has 3 nitrogen and oxygen atoms in total. The Morgan fingerprint density at radius 2 is 1.86 bits per heavy atom. The number of likely N-dealkylation sites (tertiary alicyclic amines) is 1. The number of morpholine rings is 1. The lowest BCUT2D eigenvalue weighted by molar-refractivity contribution is 0.0118. The van der Waals surface area contributed by atoms with E-state index >= 15 is 0 Å². The van der Waals surface area contributed by atoms with E-state index in [9.17, 15) is 0 Å². The third-order valence-electron chi connectivity index (χ3n) is 5.41. The Morgan fingerprint density at radius 1 is 1.14 bits per heavy atom. The maximum Gasteiger partial charge on any atom is 0.0594 e. The summed E-state index contributed by atoms with van der Waals surface area (Å²) in [6.45, 7) is 12.5. The molecule has 3 rings (SSSR count). The first-order chi connectivity index (χ1) is 10.7. The third kappa shape index (κ3) is 3.89. The van der Waals surface area contributed by atoms with Gasteiger partial charge in [-0.2, -0.15) is 0 Å². The molecule has 0 radical (unpaired) electrons. The SMILES string of the molecule is C[C@H](CCN1C[C@H](C)[C@@H](N2CCOCC2)C1)c1ccccc1. The molecular weight excluding hydrogens is 272 g/mol. The van der Waals surface area contributed by atoms with Crippen LogP contribution < -0.4 is 0 Å². The first-order valence-corrected chi connectivity index (χ1v) is 8.83. The molecular formula is C19H30N2O. The molecule has 22 heavy (non-hydrogen) atoms. The van der Waals surface area contributed by atoms with E-state index in [4.69, 9.17) is 4.74 Å². The molecule has 0 amide bonds. The van der Waals surface area contributed by atoms with Crippen molar-refractivity contribution in [2.45, 2.75) is 32.2 Å². The van der Waals surface area contributed by atoms with Gasteiger partial charge in [-0.25, -0.2) is 0 Å². The molecule has 2 heterocycles. The maximum atomic E-state index is 5.49. The number of nitrogens with zero attached hydrogens (tertiary/aromatic N) is 2. The normalized spacial score (nSPS) is 28.8. The van der Waals surface area contributed by atoms with Gasteiger partial charge in [-0.15, -0.1) is 0 Å². The molecule has 2 saturated heterocycles. The Bertz CT molecular complexity index is 444. The molecule has 0 spiro atoms. The first kappa shape index (κ1) is 16.0. The van der Waals surface area contributed by atoms with E-state index in [2.05, 4.69) is 54.0 Å². The zero-order valence-corrected chi connectivity index (χ0v) is 14.1. The van der Waals surface area contributed by atoms with Crippen molar-refractivity contribution in [1.29, 1.82) is 0 Å². The Hall–Kier alpha value is -0.900. The van der Waals surface area contributed by atoms with Crippen molar-refractivity contribution in [1.82, 2.24) is 9.80 Å². The highest BCUT2D eigenvalue weighted by atomic mass is 16.5. The summed E-state index contributed by atoms with van der Waals surface area (Å²) >= 11 is 0. The average Bonchev–Trinajstić information content (AvgIpc) is 2.95. The molecule has 2 aliphatic rings. The van der Waals surface area contributed by atoms with Crippen molar-refractivity contribution in [3.63, 3.8) is 0 Å². The quantitative estimate of drug-likeness (QED) is 0.832. The van der Waals surface area contributed by atoms with Gasteiger partial charge in [-0.05, 0) is 30.4 Å². The van der Waals surface area contributed by atoms with Gasteiger partial charge < -0.3 is 9.64 Å². The van der Waals surface area contributed by atoms with Crippen molar-refractivity contribution in [3.05, 3.63) is 35.9 Å². The van der Waals surface area contributed by atoms with Gasteiger partial charge in [0.05, 0.1) is 13.2 Å². The summed E-state index contributed by atoms with van der Waals surface area (Å²) in [4.78, 5) is 5.32. The predicted molar refractivity (Wildman–Crippen MR) is 91.3 cm³/mol. The van der Waals surface area contributed by atoms with Gasteiger partial charge in [0.1, 0.15) is 0 Å². The molecule has 3 heteroatoms. The topological polar surface area (TPSA) is 15.7 Å². The smallest absolute Gasteiger partial charge is 0.0594 e. The van der Waals surface area contributed by atoms with E-state index in [0.29, 0.717) is 5.92 Å². The van der Waals surface area contributed by atoms with Gasteiger partial charge in [-0.3, -0.25) is 4.90 Å². The summed E-state index contributed by atoms with van der Waals surface area (Å²) in [5.41, 5.74) is 1.47. The van der Waals surface area contributed by atoms with Crippen LogP contribution in [0.15, 0.2) is 30.3 Å². The average molecular weight is 302 g/mol. The summed E-state index contributed by atoms with van der Waals surface area (Å²) in [6.07, 6.45) is 1.26. The molecule has 0 saturated carbocycles. The van der Waals surface area contributed by atoms with Crippen LogP contribution in [0.2, 0.25) is 0 Å². The summed E-state index contributed by atoms with van der Waals surface area (Å²) in [7, 11) is 0. The molecule has 1 aromatic carbocycles. The molecule has 1 aromatic rings. The second kappa shape index (κ2) is 7.58. The number of ether oxygens (including phenoxy) is 1. The van der Waals surface area contributed by atoms with E-state index in [-0.39, 0.29) is 0 Å². The van der Waals surface area contributed by atoms with E-state index in [1.807, 2.05) is 0 Å². The van der Waals surface area contributed by atoms with Gasteiger partial charge in [0.2, 0.25) is 0 Å². The zero-order chi connectivity index (χ0) is 15.4. The zero-order valence-electron chi connectivity index (χ0n) is 14.1. The molecule has 0 aromatic heterocycles. The largest absolute Gasteiger partial charge is 0.379 e. The lowest BCUT2D eigenvalue weighted by atomic mass is 9.98. The first-order valence-electron chi connectivity index (χ1n) is 8.83. The number of hydrogen-bond acceptors (Lipinski definition) is 3. The highest BCUT2D eigenvalue weighted by Crippen LogP contribution is 2.25. The molecule has 0 unspecified atom stereocenters. The molecule has 0 N–H and O–H groups in total. The fourth-order valence-corrected chi connectivity index (χ4v) is 3.94. The van der Waals surface area contributed by atoms with E-state index < -0.39 is 0 Å². The highest BCUT2D eigenvalue weighted by Gasteiger charge is 2.34. The fourth-order valence-electron chi connectivity index (χ4n) is 3.94. The van der Waals surface area contributed by atoms with Gasteiger partial charge in [0.15, 0.2) is 0 Å². The second-order valence-corrected chi connectivity index (χ2v) is 7.05. The third-order valence-corrected chi connectivity index (χ3v) is 5.41. The summed E-state index contributed by atoms with van der Waals surface area (Å²) in [5.74, 6) is 1.43. The van der Waals surface area contributed by atoms with Crippen LogP contribution in [-0.4, -0.2) is 61.8 Å². The van der Waals surface area contributed by atoms with E-state index in [0.717, 1.165) is 38.3 Å². The fraction of sp³-hybridized carbons (Fsp3) is 0.684. The highest BCUT2D eigenvalue weighted by molar-refractivity contribution is 5.18. The minimum atomic E-state index is 0.652. The Morgan fingerprint density at radius 3 is 2.59 bits per heavy atom. The predicted octanol–water partition coefficient (Wildman–Crippen LogP) is 2.83. The van der Waals surface area contributed by atoms with E-state index in [1.54, 1.807) is 0 Å². The van der Waals surface area contributed by atoms with Gasteiger partial charge in [0.25, 0.3) is 0 Å². The van der Waals surface area contributed by atoms with Gasteiger partial charge in [0, 0.05) is 32.2 Å². The Kier molecular flexibility index (Phi) is 5.51. The van der Waals surface area contributed by atoms with Crippen molar-refractivity contribution in [3.8, 4) is 0 Å². The van der Waals surface area contributed by atoms with Crippen molar-refractivity contribution < 1.29 is 4.74 Å². The van der Waals surface area contributed by atoms with Crippen molar-refractivity contribution >= 4 is 0 Å². The minimum Gasteiger partial charge on any atom is -0.379 e. The van der Waals surface area contributed by atoms with Gasteiger partial charge >= 0.3 is 0 Å². The van der Waals surface area contributed by atoms with Crippen LogP contribution in [0, 0.1) is 5.92 Å². The Balaban J connectivity index is 1.47. The van der Waals surface area contributed by atoms with Crippen LogP contribution in [0.3, 0.4) is 0 Å². The molecule has 3 atom stereocenters. The lowest BCUT2D eigenvalue weighted by Gasteiger charge is -2.34. The van der Waals surface area contributed by atoms with Gasteiger partial charge in [-0.1, -0.05) is 44.2 Å². The monoisotopic (exact) mass is 302 g/mol. The van der Waals surface area contributed by atoms with Crippen LogP contribution in [0.4, 0.5) is 0 Å². The summed E-state index contributed by atoms with van der Waals surface area (Å²) in [5, 5.41) is 0. The van der Waals surface area contributed by atoms with Crippen LogP contribution in [0.1, 0.15) is 31.7 Å². The van der Waals surface area contributed by atoms with Crippen LogP contribution in [0.25, 0.3) is 0 Å². The van der Waals surface area contributed by atoms with Crippen LogP contribution in [0.5, 0.6) is 0 Å². The Labute approximate surface area is 135 Å². The molecule has 0 bridgehead atoms. The standard InChI is InChI=1S/C19H30N2O/c1-16(18-6-4-3-5-7-18)8-9-20-14-17(2)19(15-20)21-10-12-22-13-11-21/h3-7,16-17,19H,8-15H2,1-2H3/t16-,17+,19+/m1/s1. The van der Waals surface area contributed by atoms with E-state index in [1.165, 1.54) is 31.6 Å². The van der Waals surface area contributed by atoms with Crippen molar-refractivity contribution in [2.24, 2.45) is 5.92 Å². The van der Waals surface area contributed by atoms with Crippen LogP contribution >= 0.6 is 0 Å². The van der Waals surface area contributed by atoms with Crippen LogP contribution in [-0.2, 0) is 4.74 Å². The summed E-state index contributed by atoms with van der Waals surface area (Å²) in [6, 6.07) is 11.7.